The summed E-state index contributed by atoms with van der Waals surface area (Å²) in [6, 6.07) is 7.04. The van der Waals surface area contributed by atoms with E-state index in [9.17, 15) is 23.2 Å². The predicted octanol–water partition coefficient (Wildman–Crippen LogP) is 7.55. The predicted molar refractivity (Wildman–Crippen MR) is 131 cm³/mol. The Morgan fingerprint density at radius 3 is 1.79 bits per heavy atom. The number of aromatic amines is 1. The summed E-state index contributed by atoms with van der Waals surface area (Å²) in [5.41, 5.74) is -0.340. The molecule has 16 heteroatoms. The fourth-order valence-corrected chi connectivity index (χ4v) is 2.28. The second kappa shape index (κ2) is 11.3. The van der Waals surface area contributed by atoms with Crippen molar-refractivity contribution in [1.82, 2.24) is 9.97 Å². The first-order valence-electron chi connectivity index (χ1n) is 7.76. The SMILES string of the molecule is C.ClP(Cl)(Cl)(Cl)Cl.O=c1[nH]c(=O)c2cc(F)ccc2o1.O=c1nc(Cl)c2cc(F)ccc2o1. The normalized spacial score (nSPS) is 11.8. The van der Waals surface area contributed by atoms with E-state index >= 15 is 0 Å². The Kier molecular flexibility index (Phi) is 10.1. The molecule has 33 heavy (non-hydrogen) atoms. The Bertz CT molecular complexity index is 1450. The summed E-state index contributed by atoms with van der Waals surface area (Å²) >= 11 is 30.5. The third-order valence-electron chi connectivity index (χ3n) is 3.16. The van der Waals surface area contributed by atoms with E-state index in [-0.39, 0.29) is 29.1 Å². The fraction of sp³-hybridized carbons (Fsp3) is 0.0588. The van der Waals surface area contributed by atoms with Crippen LogP contribution in [-0.2, 0) is 0 Å². The van der Waals surface area contributed by atoms with Gasteiger partial charge in [-0.1, -0.05) is 19.0 Å². The number of nitrogens with zero attached hydrogens (tertiary/aromatic N) is 1. The van der Waals surface area contributed by atoms with Gasteiger partial charge < -0.3 is 8.83 Å². The molecule has 4 rings (SSSR count). The zero-order valence-corrected chi connectivity index (χ0v) is 20.4. The van der Waals surface area contributed by atoms with Crippen molar-refractivity contribution in [1.29, 1.82) is 0 Å². The van der Waals surface area contributed by atoms with Crippen molar-refractivity contribution in [3.63, 3.8) is 0 Å². The van der Waals surface area contributed by atoms with Crippen molar-refractivity contribution >= 4 is 93.1 Å². The van der Waals surface area contributed by atoms with Crippen molar-refractivity contribution in [2.24, 2.45) is 0 Å². The maximum absolute atomic E-state index is 12.7. The number of fused-ring (bicyclic) bond motifs is 2. The molecule has 0 bridgehead atoms. The second-order valence-electron chi connectivity index (χ2n) is 5.53. The van der Waals surface area contributed by atoms with Gasteiger partial charge in [-0.05, 0) is 36.4 Å². The smallest absolute Gasteiger partial charge is 0.409 e. The summed E-state index contributed by atoms with van der Waals surface area (Å²) in [7, 11) is 0. The Hall–Kier alpha value is -1.45. The van der Waals surface area contributed by atoms with E-state index in [1.54, 1.807) is 0 Å². The Labute approximate surface area is 212 Å². The molecule has 0 aliphatic rings. The van der Waals surface area contributed by atoms with E-state index < -0.39 is 32.1 Å². The Morgan fingerprint density at radius 2 is 1.27 bits per heavy atom. The van der Waals surface area contributed by atoms with E-state index in [1.165, 1.54) is 18.2 Å². The molecule has 4 aromatic rings. The molecule has 0 aliphatic heterocycles. The maximum Gasteiger partial charge on any atom is 0.440 e. The molecule has 7 nitrogen and oxygen atoms in total. The van der Waals surface area contributed by atoms with Crippen molar-refractivity contribution in [2.45, 2.75) is 7.43 Å². The van der Waals surface area contributed by atoms with Gasteiger partial charge in [-0.15, -0.1) is 0 Å². The number of nitrogens with one attached hydrogen (secondary N) is 1. The number of benzene rings is 2. The molecule has 0 saturated heterocycles. The minimum atomic E-state index is -3.69. The third-order valence-corrected chi connectivity index (χ3v) is 3.44. The van der Waals surface area contributed by atoms with Crippen LogP contribution in [0.15, 0.2) is 59.6 Å². The van der Waals surface area contributed by atoms with Crippen LogP contribution >= 0.6 is 71.2 Å². The fourth-order valence-electron chi connectivity index (χ4n) is 2.06. The average molecular weight is 605 g/mol. The molecule has 0 amide bonds. The van der Waals surface area contributed by atoms with Crippen molar-refractivity contribution in [3.8, 4) is 0 Å². The molecular formula is C17H11Cl6F2N2O5P. The van der Waals surface area contributed by atoms with Crippen LogP contribution in [0, 0.1) is 11.6 Å². The molecule has 2 aromatic heterocycles. The zero-order chi connectivity index (χ0) is 24.3. The van der Waals surface area contributed by atoms with Gasteiger partial charge in [0.1, 0.15) is 28.0 Å². The Balaban J connectivity index is 0.000000262. The number of halogens is 8. The van der Waals surface area contributed by atoms with E-state index in [2.05, 4.69) is 13.8 Å². The summed E-state index contributed by atoms with van der Waals surface area (Å²) in [6.45, 7) is 0. The van der Waals surface area contributed by atoms with E-state index in [0.29, 0.717) is 5.39 Å². The molecule has 0 saturated carbocycles. The minimum absolute atomic E-state index is 0. The molecule has 0 spiro atoms. The van der Waals surface area contributed by atoms with E-state index in [0.717, 1.165) is 18.2 Å². The molecule has 0 radical (unpaired) electrons. The van der Waals surface area contributed by atoms with Gasteiger partial charge in [0.25, 0.3) is 5.56 Å². The van der Waals surface area contributed by atoms with Gasteiger partial charge in [-0.2, -0.15) is 4.98 Å². The first-order chi connectivity index (χ1) is 14.6. The molecule has 0 unspecified atom stereocenters. The van der Waals surface area contributed by atoms with Gasteiger partial charge in [0, 0.05) is 0 Å². The van der Waals surface area contributed by atoms with Gasteiger partial charge in [-0.25, -0.2) is 18.4 Å². The first-order valence-corrected chi connectivity index (χ1v) is 14.9. The van der Waals surface area contributed by atoms with E-state index in [4.69, 9.17) is 67.8 Å². The molecule has 2 heterocycles. The number of hydrogen-bond acceptors (Lipinski definition) is 6. The van der Waals surface area contributed by atoms with Crippen LogP contribution in [0.5, 0.6) is 0 Å². The number of rotatable bonds is 0. The summed E-state index contributed by atoms with van der Waals surface area (Å²) in [6.07, 6.45) is 0. The summed E-state index contributed by atoms with van der Waals surface area (Å²) in [5, 5.41) is 0.270. The van der Waals surface area contributed by atoms with Crippen LogP contribution in [-0.4, -0.2) is 9.97 Å². The zero-order valence-electron chi connectivity index (χ0n) is 14.9. The first kappa shape index (κ1) is 29.6. The molecular weight excluding hydrogens is 594 g/mol. The van der Waals surface area contributed by atoms with E-state index in [1.807, 2.05) is 4.98 Å². The molecule has 0 aliphatic carbocycles. The summed E-state index contributed by atoms with van der Waals surface area (Å²) in [5.74, 6) is -2.63. The van der Waals surface area contributed by atoms with Crippen LogP contribution in [0.4, 0.5) is 8.78 Å². The van der Waals surface area contributed by atoms with Crippen LogP contribution in [0.3, 0.4) is 0 Å². The summed E-state index contributed by atoms with van der Waals surface area (Å²) in [4.78, 5) is 37.7. The largest absolute Gasteiger partial charge is 0.440 e. The summed E-state index contributed by atoms with van der Waals surface area (Å²) < 4.78 is 31.0. The molecule has 0 fully saturated rings. The van der Waals surface area contributed by atoms with Crippen molar-refractivity contribution in [2.75, 3.05) is 0 Å². The average Bonchev–Trinajstić information content (AvgIpc) is 2.61. The van der Waals surface area contributed by atoms with Crippen LogP contribution in [0.25, 0.3) is 21.9 Å². The van der Waals surface area contributed by atoms with Gasteiger partial charge in [0.05, 0.1) is 10.8 Å². The monoisotopic (exact) mass is 602 g/mol. The standard InChI is InChI=1S/C8H3ClFNO2.C8H4FNO3.CH4.Cl5P/c9-7-5-3-4(10)1-2-6(5)13-8(12)11-7;9-4-1-2-6-5(3-4)7(11)10-8(12)13-6;;1-6(2,3,4)5/h1-3H;1-3H,(H,10,11,12);1H4;. The number of aromatic nitrogens is 2. The topological polar surface area (TPSA) is 106 Å². The van der Waals surface area contributed by atoms with Gasteiger partial charge in [-0.3, -0.25) is 9.78 Å². The van der Waals surface area contributed by atoms with Gasteiger partial charge >= 0.3 is 71.1 Å². The van der Waals surface area contributed by atoms with Gasteiger partial charge in [0.15, 0.2) is 0 Å². The quantitative estimate of drug-likeness (QED) is 0.208. The van der Waals surface area contributed by atoms with Crippen LogP contribution in [0.2, 0.25) is 5.15 Å². The Morgan fingerprint density at radius 1 is 0.818 bits per heavy atom. The maximum atomic E-state index is 12.7. The molecule has 180 valence electrons. The van der Waals surface area contributed by atoms with Crippen LogP contribution in [0.1, 0.15) is 7.43 Å². The molecule has 1 N–H and O–H groups in total. The molecule has 2 aromatic carbocycles. The van der Waals surface area contributed by atoms with Crippen molar-refractivity contribution in [3.05, 3.63) is 84.6 Å². The van der Waals surface area contributed by atoms with Gasteiger partial charge in [0.2, 0.25) is 0 Å². The second-order valence-corrected chi connectivity index (χ2v) is 22.5. The molecule has 0 atom stereocenters. The van der Waals surface area contributed by atoms with Crippen LogP contribution < -0.4 is 17.1 Å². The number of hydrogen-bond donors (Lipinski definition) is 1. The number of H-pyrrole nitrogens is 1. The third kappa shape index (κ3) is 10.6. The minimum Gasteiger partial charge on any atom is -0.409 e. The van der Waals surface area contributed by atoms with Crippen molar-refractivity contribution < 1.29 is 17.6 Å².